The summed E-state index contributed by atoms with van der Waals surface area (Å²) in [5.74, 6) is 0. The molecule has 3 rings (SSSR count). The van der Waals surface area contributed by atoms with Gasteiger partial charge in [0.1, 0.15) is 0 Å². The van der Waals surface area contributed by atoms with E-state index in [-0.39, 0.29) is 6.04 Å². The van der Waals surface area contributed by atoms with Gasteiger partial charge in [0.15, 0.2) is 0 Å². The number of pyridine rings is 1. The third kappa shape index (κ3) is 2.30. The molecule has 0 bridgehead atoms. The molecule has 0 spiro atoms. The maximum atomic E-state index is 6.14. The van der Waals surface area contributed by atoms with E-state index in [1.165, 1.54) is 22.1 Å². The minimum atomic E-state index is 0.100. The summed E-state index contributed by atoms with van der Waals surface area (Å²) in [5, 5.41) is 1.18. The van der Waals surface area contributed by atoms with E-state index in [4.69, 9.17) is 5.73 Å². The summed E-state index contributed by atoms with van der Waals surface area (Å²) >= 11 is 0. The van der Waals surface area contributed by atoms with Crippen LogP contribution in [0.5, 0.6) is 0 Å². The summed E-state index contributed by atoms with van der Waals surface area (Å²) in [7, 11) is 0. The van der Waals surface area contributed by atoms with Crippen LogP contribution in [-0.4, -0.2) is 4.98 Å². The fourth-order valence-electron chi connectivity index (χ4n) is 2.53. The summed E-state index contributed by atoms with van der Waals surface area (Å²) < 4.78 is 0. The van der Waals surface area contributed by atoms with E-state index in [9.17, 15) is 0 Å². The average Bonchev–Trinajstić information content (AvgIpc) is 2.53. The summed E-state index contributed by atoms with van der Waals surface area (Å²) in [6.07, 6.45) is 2.77. The van der Waals surface area contributed by atoms with E-state index in [1.807, 2.05) is 18.3 Å². The van der Waals surface area contributed by atoms with Gasteiger partial charge in [-0.05, 0) is 41.3 Å². The molecule has 0 amide bonds. The summed E-state index contributed by atoms with van der Waals surface area (Å²) in [4.78, 5) is 4.42. The highest BCUT2D eigenvalue weighted by Gasteiger charge is 2.07. The van der Waals surface area contributed by atoms with Crippen molar-refractivity contribution < 1.29 is 0 Å². The average molecular weight is 262 g/mol. The van der Waals surface area contributed by atoms with Gasteiger partial charge in [-0.25, -0.2) is 0 Å². The molecule has 2 nitrogen and oxygen atoms in total. The summed E-state index contributed by atoms with van der Waals surface area (Å²) in [6, 6.07) is 18.9. The van der Waals surface area contributed by atoms with E-state index >= 15 is 0 Å². The predicted molar refractivity (Wildman–Crippen MR) is 84.4 cm³/mol. The number of benzene rings is 2. The number of rotatable bonds is 3. The van der Waals surface area contributed by atoms with Gasteiger partial charge in [0.2, 0.25) is 0 Å². The molecule has 1 heterocycles. The maximum Gasteiger partial charge on any atom is 0.0708 e. The first-order chi connectivity index (χ1) is 9.79. The highest BCUT2D eigenvalue weighted by Crippen LogP contribution is 2.29. The quantitative estimate of drug-likeness (QED) is 0.763. The van der Waals surface area contributed by atoms with Gasteiger partial charge in [-0.2, -0.15) is 0 Å². The lowest BCUT2D eigenvalue weighted by atomic mass is 9.96. The van der Waals surface area contributed by atoms with Crippen LogP contribution in [0.15, 0.2) is 60.8 Å². The van der Waals surface area contributed by atoms with E-state index in [0.29, 0.717) is 0 Å². The van der Waals surface area contributed by atoms with Crippen molar-refractivity contribution in [1.82, 2.24) is 4.98 Å². The van der Waals surface area contributed by atoms with Crippen molar-refractivity contribution in [2.45, 2.75) is 19.4 Å². The predicted octanol–water partition coefficient (Wildman–Crippen LogP) is 4.31. The molecule has 0 aliphatic carbocycles. The molecular formula is C18H18N2. The van der Waals surface area contributed by atoms with Crippen molar-refractivity contribution in [2.75, 3.05) is 0 Å². The molecule has 0 fully saturated rings. The molecule has 3 aromatic rings. The van der Waals surface area contributed by atoms with Crippen molar-refractivity contribution in [2.24, 2.45) is 5.73 Å². The fourth-order valence-corrected chi connectivity index (χ4v) is 2.53. The van der Waals surface area contributed by atoms with Crippen molar-refractivity contribution in [1.29, 1.82) is 0 Å². The van der Waals surface area contributed by atoms with Crippen molar-refractivity contribution >= 4 is 10.9 Å². The number of aromatic nitrogens is 1. The molecule has 2 aromatic carbocycles. The zero-order valence-electron chi connectivity index (χ0n) is 11.6. The van der Waals surface area contributed by atoms with Gasteiger partial charge in [-0.3, -0.25) is 4.98 Å². The molecule has 2 heteroatoms. The standard InChI is InChI=1S/C18H18N2/c1-2-17(19)14-7-3-6-13(12-14)15-8-4-10-18-16(15)9-5-11-20-18/h3-12,17H,2,19H2,1H3. The molecule has 0 aliphatic heterocycles. The third-order valence-electron chi connectivity index (χ3n) is 3.71. The van der Waals surface area contributed by atoms with Gasteiger partial charge < -0.3 is 5.73 Å². The van der Waals surface area contributed by atoms with Crippen LogP contribution in [0.2, 0.25) is 0 Å². The highest BCUT2D eigenvalue weighted by molar-refractivity contribution is 5.94. The first-order valence-corrected chi connectivity index (χ1v) is 6.99. The first kappa shape index (κ1) is 12.8. The van der Waals surface area contributed by atoms with Crippen molar-refractivity contribution in [3.63, 3.8) is 0 Å². The van der Waals surface area contributed by atoms with Crippen LogP contribution in [0.3, 0.4) is 0 Å². The van der Waals surface area contributed by atoms with Gasteiger partial charge in [-0.1, -0.05) is 43.3 Å². The Morgan fingerprint density at radius 2 is 1.90 bits per heavy atom. The molecule has 0 radical (unpaired) electrons. The Morgan fingerprint density at radius 1 is 1.05 bits per heavy atom. The molecule has 0 saturated heterocycles. The Hall–Kier alpha value is -2.19. The van der Waals surface area contributed by atoms with Crippen molar-refractivity contribution in [3.05, 3.63) is 66.4 Å². The third-order valence-corrected chi connectivity index (χ3v) is 3.71. The van der Waals surface area contributed by atoms with Crippen LogP contribution in [-0.2, 0) is 0 Å². The Balaban J connectivity index is 2.16. The molecule has 2 N–H and O–H groups in total. The smallest absolute Gasteiger partial charge is 0.0708 e. The minimum absolute atomic E-state index is 0.100. The minimum Gasteiger partial charge on any atom is -0.324 e. The first-order valence-electron chi connectivity index (χ1n) is 6.99. The van der Waals surface area contributed by atoms with E-state index in [2.05, 4.69) is 54.4 Å². The lowest BCUT2D eigenvalue weighted by Gasteiger charge is -2.12. The van der Waals surface area contributed by atoms with E-state index in [0.717, 1.165) is 11.9 Å². The number of nitrogens with two attached hydrogens (primary N) is 1. The largest absolute Gasteiger partial charge is 0.324 e. The molecule has 1 unspecified atom stereocenters. The topological polar surface area (TPSA) is 38.9 Å². The monoisotopic (exact) mass is 262 g/mol. The molecule has 100 valence electrons. The molecule has 0 aliphatic rings. The summed E-state index contributed by atoms with van der Waals surface area (Å²) in [5.41, 5.74) is 10.8. The molecular weight excluding hydrogens is 244 g/mol. The molecule has 1 atom stereocenters. The number of nitrogens with zero attached hydrogens (tertiary/aromatic N) is 1. The summed E-state index contributed by atoms with van der Waals surface area (Å²) in [6.45, 7) is 2.11. The molecule has 0 saturated carbocycles. The Morgan fingerprint density at radius 3 is 2.75 bits per heavy atom. The van der Waals surface area contributed by atoms with Gasteiger partial charge in [0.25, 0.3) is 0 Å². The second-order valence-electron chi connectivity index (χ2n) is 5.02. The SMILES string of the molecule is CCC(N)c1cccc(-c2cccc3ncccc23)c1. The van der Waals surface area contributed by atoms with Gasteiger partial charge >= 0.3 is 0 Å². The maximum absolute atomic E-state index is 6.14. The lowest BCUT2D eigenvalue weighted by Crippen LogP contribution is -2.08. The van der Waals surface area contributed by atoms with E-state index < -0.39 is 0 Å². The van der Waals surface area contributed by atoms with Crippen LogP contribution in [0.4, 0.5) is 0 Å². The fraction of sp³-hybridized carbons (Fsp3) is 0.167. The second kappa shape index (κ2) is 5.43. The number of hydrogen-bond acceptors (Lipinski definition) is 2. The van der Waals surface area contributed by atoms with Crippen LogP contribution >= 0.6 is 0 Å². The van der Waals surface area contributed by atoms with Crippen LogP contribution < -0.4 is 5.73 Å². The molecule has 20 heavy (non-hydrogen) atoms. The van der Waals surface area contributed by atoms with Gasteiger partial charge in [0, 0.05) is 17.6 Å². The van der Waals surface area contributed by atoms with E-state index in [1.54, 1.807) is 0 Å². The van der Waals surface area contributed by atoms with Gasteiger partial charge in [-0.15, -0.1) is 0 Å². The van der Waals surface area contributed by atoms with Crippen LogP contribution in [0, 0.1) is 0 Å². The van der Waals surface area contributed by atoms with Gasteiger partial charge in [0.05, 0.1) is 5.52 Å². The highest BCUT2D eigenvalue weighted by atomic mass is 14.6. The Bertz CT molecular complexity index is 729. The number of hydrogen-bond donors (Lipinski definition) is 1. The Kier molecular flexibility index (Phi) is 3.48. The van der Waals surface area contributed by atoms with Crippen LogP contribution in [0.1, 0.15) is 24.9 Å². The number of fused-ring (bicyclic) bond motifs is 1. The Labute approximate surface area is 119 Å². The lowest BCUT2D eigenvalue weighted by molar-refractivity contribution is 0.699. The van der Waals surface area contributed by atoms with Crippen molar-refractivity contribution in [3.8, 4) is 11.1 Å². The zero-order valence-corrected chi connectivity index (χ0v) is 11.6. The zero-order chi connectivity index (χ0) is 13.9. The molecule has 1 aromatic heterocycles. The normalized spacial score (nSPS) is 12.5. The second-order valence-corrected chi connectivity index (χ2v) is 5.02. The van der Waals surface area contributed by atoms with Crippen LogP contribution in [0.25, 0.3) is 22.0 Å².